The Morgan fingerprint density at radius 1 is 1.43 bits per heavy atom. The maximum absolute atomic E-state index is 8.96. The van der Waals surface area contributed by atoms with Crippen LogP contribution in [0.15, 0.2) is 5.16 Å². The molecule has 0 saturated heterocycles. The average molecular weight is 193 g/mol. The Kier molecular flexibility index (Phi) is 1.87. The first-order chi connectivity index (χ1) is 6.53. The molecule has 0 atom stereocenters. The lowest BCUT2D eigenvalue weighted by atomic mass is 9.75. The van der Waals surface area contributed by atoms with E-state index in [9.17, 15) is 0 Å². The molecule has 0 aliphatic heterocycles. The molecule has 1 aliphatic carbocycles. The second-order valence-electron chi connectivity index (χ2n) is 4.73. The van der Waals surface area contributed by atoms with Crippen molar-refractivity contribution in [2.75, 3.05) is 0 Å². The quantitative estimate of drug-likeness (QED) is 0.488. The number of aromatic nitrogens is 2. The fraction of sp³-hybridized carbons (Fsp3) is 0.600. The van der Waals surface area contributed by atoms with Crippen LogP contribution in [0.2, 0.25) is 0 Å². The lowest BCUT2D eigenvalue weighted by molar-refractivity contribution is 0.306. The topological polar surface area (TPSA) is 61.3 Å². The number of rotatable bonds is 0. The summed E-state index contributed by atoms with van der Waals surface area (Å²) in [6, 6.07) is 0. The Balaban J connectivity index is 2.54. The molecule has 1 heterocycles. The largest absolute Gasteiger partial charge is 0.411 e. The number of fused-ring (bicyclic) bond motifs is 1. The molecule has 4 nitrogen and oxygen atoms in total. The van der Waals surface area contributed by atoms with Crippen LogP contribution in [0.1, 0.15) is 37.2 Å². The highest BCUT2D eigenvalue weighted by molar-refractivity contribution is 6.03. The summed E-state index contributed by atoms with van der Waals surface area (Å²) in [7, 11) is 0. The molecule has 4 heteroatoms. The molecule has 0 bridgehead atoms. The maximum atomic E-state index is 8.96. The van der Waals surface area contributed by atoms with Crippen LogP contribution in [0.5, 0.6) is 0 Å². The third kappa shape index (κ3) is 1.31. The van der Waals surface area contributed by atoms with Crippen molar-refractivity contribution >= 4 is 5.71 Å². The Morgan fingerprint density at radius 2 is 2.14 bits per heavy atom. The zero-order chi connectivity index (χ0) is 10.3. The number of nitrogens with one attached hydrogen (secondary N) is 1. The Bertz CT molecular complexity index is 390. The SMILES string of the molecule is Cc1[nH]nc2c1/C(=N/O)CC(C)(C)C2. The number of hydrogen-bond acceptors (Lipinski definition) is 3. The fourth-order valence-electron chi connectivity index (χ4n) is 2.13. The van der Waals surface area contributed by atoms with Crippen LogP contribution < -0.4 is 0 Å². The highest BCUT2D eigenvalue weighted by Crippen LogP contribution is 2.34. The summed E-state index contributed by atoms with van der Waals surface area (Å²) in [5.74, 6) is 0. The van der Waals surface area contributed by atoms with Crippen molar-refractivity contribution in [3.63, 3.8) is 0 Å². The molecule has 0 amide bonds. The standard InChI is InChI=1S/C10H15N3O/c1-6-9-7(12-11-6)4-10(2,3)5-8(9)13-14/h14H,4-5H2,1-3H3,(H,11,12)/b13-8+. The first-order valence-corrected chi connectivity index (χ1v) is 4.79. The number of oxime groups is 1. The number of aromatic amines is 1. The second kappa shape index (κ2) is 2.83. The molecule has 0 fully saturated rings. The van der Waals surface area contributed by atoms with Gasteiger partial charge in [0.25, 0.3) is 0 Å². The molecular formula is C10H15N3O. The minimum atomic E-state index is 0.135. The van der Waals surface area contributed by atoms with Crippen molar-refractivity contribution in [1.82, 2.24) is 10.2 Å². The molecule has 1 aromatic rings. The van der Waals surface area contributed by atoms with E-state index in [1.165, 1.54) is 0 Å². The summed E-state index contributed by atoms with van der Waals surface area (Å²) >= 11 is 0. The molecule has 76 valence electrons. The van der Waals surface area contributed by atoms with Gasteiger partial charge in [-0.15, -0.1) is 0 Å². The van der Waals surface area contributed by atoms with Crippen molar-refractivity contribution in [2.45, 2.75) is 33.6 Å². The molecule has 2 N–H and O–H groups in total. The first kappa shape index (κ1) is 9.24. The zero-order valence-corrected chi connectivity index (χ0v) is 8.76. The normalized spacial score (nSPS) is 22.4. The molecule has 14 heavy (non-hydrogen) atoms. The van der Waals surface area contributed by atoms with E-state index in [1.807, 2.05) is 6.92 Å². The van der Waals surface area contributed by atoms with Crippen molar-refractivity contribution in [2.24, 2.45) is 10.6 Å². The molecule has 0 saturated carbocycles. The minimum Gasteiger partial charge on any atom is -0.411 e. The van der Waals surface area contributed by atoms with Crippen LogP contribution in [0, 0.1) is 12.3 Å². The molecule has 0 spiro atoms. The lowest BCUT2D eigenvalue weighted by Crippen LogP contribution is -2.27. The third-order valence-corrected chi connectivity index (χ3v) is 2.72. The zero-order valence-electron chi connectivity index (χ0n) is 8.76. The Morgan fingerprint density at radius 3 is 2.79 bits per heavy atom. The van der Waals surface area contributed by atoms with E-state index >= 15 is 0 Å². The van der Waals surface area contributed by atoms with Gasteiger partial charge in [-0.25, -0.2) is 0 Å². The van der Waals surface area contributed by atoms with E-state index in [0.29, 0.717) is 0 Å². The van der Waals surface area contributed by atoms with E-state index in [2.05, 4.69) is 29.2 Å². The minimum absolute atomic E-state index is 0.135. The van der Waals surface area contributed by atoms with Crippen LogP contribution in [0.25, 0.3) is 0 Å². The van der Waals surface area contributed by atoms with Gasteiger partial charge < -0.3 is 5.21 Å². The van der Waals surface area contributed by atoms with Gasteiger partial charge in [0.1, 0.15) is 0 Å². The molecule has 1 aliphatic rings. The number of hydrogen-bond donors (Lipinski definition) is 2. The number of nitrogens with zero attached hydrogens (tertiary/aromatic N) is 2. The summed E-state index contributed by atoms with van der Waals surface area (Å²) in [6.07, 6.45) is 1.74. The summed E-state index contributed by atoms with van der Waals surface area (Å²) in [5, 5.41) is 19.5. The van der Waals surface area contributed by atoms with Gasteiger partial charge in [-0.1, -0.05) is 19.0 Å². The highest BCUT2D eigenvalue weighted by atomic mass is 16.4. The van der Waals surface area contributed by atoms with Gasteiger partial charge in [-0.3, -0.25) is 5.10 Å². The first-order valence-electron chi connectivity index (χ1n) is 4.79. The maximum Gasteiger partial charge on any atom is 0.0910 e. The highest BCUT2D eigenvalue weighted by Gasteiger charge is 2.32. The Labute approximate surface area is 83.0 Å². The van der Waals surface area contributed by atoms with Gasteiger partial charge in [0.15, 0.2) is 0 Å². The number of H-pyrrole nitrogens is 1. The predicted molar refractivity (Wildman–Crippen MR) is 53.8 cm³/mol. The molecule has 0 aromatic carbocycles. The van der Waals surface area contributed by atoms with Gasteiger partial charge in [0.05, 0.1) is 11.4 Å². The summed E-state index contributed by atoms with van der Waals surface area (Å²) in [6.45, 7) is 6.27. The van der Waals surface area contributed by atoms with E-state index in [4.69, 9.17) is 5.21 Å². The monoisotopic (exact) mass is 193 g/mol. The summed E-state index contributed by atoms with van der Waals surface area (Å²) in [5.41, 5.74) is 3.90. The smallest absolute Gasteiger partial charge is 0.0910 e. The van der Waals surface area contributed by atoms with Gasteiger partial charge in [-0.2, -0.15) is 5.10 Å². The number of aryl methyl sites for hydroxylation is 1. The Hall–Kier alpha value is -1.32. The van der Waals surface area contributed by atoms with E-state index < -0.39 is 0 Å². The summed E-state index contributed by atoms with van der Waals surface area (Å²) in [4.78, 5) is 0. The van der Waals surface area contributed by atoms with Crippen molar-refractivity contribution in [1.29, 1.82) is 0 Å². The third-order valence-electron chi connectivity index (χ3n) is 2.72. The fourth-order valence-corrected chi connectivity index (χ4v) is 2.13. The molecule has 0 unspecified atom stereocenters. The molecular weight excluding hydrogens is 178 g/mol. The van der Waals surface area contributed by atoms with Gasteiger partial charge in [-0.05, 0) is 25.2 Å². The van der Waals surface area contributed by atoms with Gasteiger partial charge >= 0.3 is 0 Å². The van der Waals surface area contributed by atoms with Crippen LogP contribution in [0.3, 0.4) is 0 Å². The van der Waals surface area contributed by atoms with Crippen LogP contribution >= 0.6 is 0 Å². The van der Waals surface area contributed by atoms with Crippen LogP contribution in [-0.4, -0.2) is 21.1 Å². The molecule has 2 rings (SSSR count). The van der Waals surface area contributed by atoms with Crippen molar-refractivity contribution in [3.05, 3.63) is 17.0 Å². The predicted octanol–water partition coefficient (Wildman–Crippen LogP) is 1.87. The van der Waals surface area contributed by atoms with E-state index in [1.54, 1.807) is 0 Å². The molecule has 0 radical (unpaired) electrons. The van der Waals surface area contributed by atoms with Gasteiger partial charge in [0.2, 0.25) is 0 Å². The molecule has 1 aromatic heterocycles. The average Bonchev–Trinajstić information content (AvgIpc) is 2.44. The van der Waals surface area contributed by atoms with Crippen molar-refractivity contribution < 1.29 is 5.21 Å². The van der Waals surface area contributed by atoms with Gasteiger partial charge in [0, 0.05) is 11.3 Å². The van der Waals surface area contributed by atoms with Crippen LogP contribution in [-0.2, 0) is 6.42 Å². The lowest BCUT2D eigenvalue weighted by Gasteiger charge is -2.28. The second-order valence-corrected chi connectivity index (χ2v) is 4.73. The van der Waals surface area contributed by atoms with E-state index in [-0.39, 0.29) is 5.41 Å². The van der Waals surface area contributed by atoms with E-state index in [0.717, 1.165) is 35.5 Å². The van der Waals surface area contributed by atoms with Crippen molar-refractivity contribution in [3.8, 4) is 0 Å². The van der Waals surface area contributed by atoms with Crippen LogP contribution in [0.4, 0.5) is 0 Å². The summed E-state index contributed by atoms with van der Waals surface area (Å²) < 4.78 is 0.